The third-order valence-corrected chi connectivity index (χ3v) is 6.17. The normalized spacial score (nSPS) is 10.3. The number of hydrogen-bond acceptors (Lipinski definition) is 6. The average Bonchev–Trinajstić information content (AvgIpc) is 3.03. The number of benzene rings is 5. The number of nitrogens with one attached hydrogen (secondary N) is 2. The minimum absolute atomic E-state index is 0.236. The summed E-state index contributed by atoms with van der Waals surface area (Å²) in [7, 11) is 3.12. The first-order valence-corrected chi connectivity index (χ1v) is 13.1. The van der Waals surface area contributed by atoms with Crippen molar-refractivity contribution in [1.29, 1.82) is 0 Å². The van der Waals surface area contributed by atoms with E-state index in [0.29, 0.717) is 57.0 Å². The Morgan fingerprint density at radius 2 is 0.833 bits per heavy atom. The molecule has 8 heteroatoms. The van der Waals surface area contributed by atoms with Gasteiger partial charge in [-0.3, -0.25) is 9.59 Å². The van der Waals surface area contributed by atoms with Crippen molar-refractivity contribution in [1.82, 2.24) is 0 Å². The van der Waals surface area contributed by atoms with Gasteiger partial charge in [-0.05, 0) is 97.1 Å². The quantitative estimate of drug-likeness (QED) is 0.181. The predicted molar refractivity (Wildman–Crippen MR) is 161 cm³/mol. The highest BCUT2D eigenvalue weighted by Gasteiger charge is 2.09. The Bertz CT molecular complexity index is 1560. The molecule has 0 radical (unpaired) electrons. The van der Waals surface area contributed by atoms with E-state index in [1.54, 1.807) is 117 Å². The van der Waals surface area contributed by atoms with Gasteiger partial charge in [-0.25, -0.2) is 0 Å². The lowest BCUT2D eigenvalue weighted by Gasteiger charge is -2.11. The molecule has 5 aromatic rings. The van der Waals surface area contributed by atoms with Crippen LogP contribution in [0.15, 0.2) is 121 Å². The van der Waals surface area contributed by atoms with Crippen molar-refractivity contribution in [3.05, 3.63) is 132 Å². The summed E-state index contributed by atoms with van der Waals surface area (Å²) >= 11 is 0. The summed E-state index contributed by atoms with van der Waals surface area (Å²) in [6.07, 6.45) is 0. The Hall–Kier alpha value is -5.76. The van der Waals surface area contributed by atoms with Gasteiger partial charge in [0.05, 0.1) is 14.2 Å². The van der Waals surface area contributed by atoms with E-state index in [2.05, 4.69) is 10.6 Å². The molecule has 0 aliphatic heterocycles. The van der Waals surface area contributed by atoms with E-state index in [0.717, 1.165) is 0 Å². The van der Waals surface area contributed by atoms with Crippen LogP contribution in [0.3, 0.4) is 0 Å². The zero-order valence-corrected chi connectivity index (χ0v) is 23.0. The predicted octanol–water partition coefficient (Wildman–Crippen LogP) is 7.79. The van der Waals surface area contributed by atoms with Gasteiger partial charge in [-0.1, -0.05) is 18.2 Å². The monoisotopic (exact) mass is 560 g/mol. The lowest BCUT2D eigenvalue weighted by atomic mass is 10.2. The van der Waals surface area contributed by atoms with Crippen molar-refractivity contribution in [2.75, 3.05) is 24.9 Å². The molecule has 0 unspecified atom stereocenters. The molecule has 0 atom stereocenters. The van der Waals surface area contributed by atoms with Crippen LogP contribution in [0.25, 0.3) is 0 Å². The standard InChI is InChI=1S/C34H28N2O6/c1-39-29-8-3-6-23(20-29)33(37)35-25-12-16-27(17-13-25)41-31-10-5-11-32(22-31)42-28-18-14-26(15-19-28)36-34(38)24-7-4-9-30(21-24)40-2/h3-22H,1-2H3,(H,35,37)(H,36,38). The molecule has 5 aromatic carbocycles. The lowest BCUT2D eigenvalue weighted by molar-refractivity contribution is 0.101. The SMILES string of the molecule is COc1cccc(C(=O)Nc2ccc(Oc3cccc(Oc4ccc(NC(=O)c5cccc(OC)c5)cc4)c3)cc2)c1. The van der Waals surface area contributed by atoms with Crippen molar-refractivity contribution in [3.8, 4) is 34.5 Å². The molecule has 0 aromatic heterocycles. The van der Waals surface area contributed by atoms with Crippen molar-refractivity contribution in [2.45, 2.75) is 0 Å². The van der Waals surface area contributed by atoms with Crippen molar-refractivity contribution in [3.63, 3.8) is 0 Å². The van der Waals surface area contributed by atoms with E-state index >= 15 is 0 Å². The third kappa shape index (κ3) is 7.25. The zero-order chi connectivity index (χ0) is 29.3. The number of hydrogen-bond donors (Lipinski definition) is 2. The minimum Gasteiger partial charge on any atom is -0.497 e. The van der Waals surface area contributed by atoms with Crippen LogP contribution < -0.4 is 29.6 Å². The summed E-state index contributed by atoms with van der Waals surface area (Å²) in [5, 5.41) is 5.73. The molecule has 8 nitrogen and oxygen atoms in total. The highest BCUT2D eigenvalue weighted by Crippen LogP contribution is 2.30. The largest absolute Gasteiger partial charge is 0.497 e. The smallest absolute Gasteiger partial charge is 0.255 e. The van der Waals surface area contributed by atoms with Gasteiger partial charge in [0, 0.05) is 28.6 Å². The van der Waals surface area contributed by atoms with Crippen LogP contribution in [-0.4, -0.2) is 26.0 Å². The topological polar surface area (TPSA) is 95.1 Å². The fourth-order valence-electron chi connectivity index (χ4n) is 4.02. The zero-order valence-electron chi connectivity index (χ0n) is 23.0. The fraction of sp³-hybridized carbons (Fsp3) is 0.0588. The van der Waals surface area contributed by atoms with E-state index in [1.165, 1.54) is 0 Å². The maximum atomic E-state index is 12.6. The van der Waals surface area contributed by atoms with E-state index in [9.17, 15) is 9.59 Å². The Balaban J connectivity index is 1.16. The van der Waals surface area contributed by atoms with Gasteiger partial charge >= 0.3 is 0 Å². The van der Waals surface area contributed by atoms with E-state index in [-0.39, 0.29) is 11.8 Å². The summed E-state index contributed by atoms with van der Waals surface area (Å²) < 4.78 is 22.3. The molecule has 0 aliphatic rings. The lowest BCUT2D eigenvalue weighted by Crippen LogP contribution is -2.11. The van der Waals surface area contributed by atoms with Crippen LogP contribution in [-0.2, 0) is 0 Å². The van der Waals surface area contributed by atoms with Crippen molar-refractivity contribution in [2.24, 2.45) is 0 Å². The van der Waals surface area contributed by atoms with Gasteiger partial charge in [0.25, 0.3) is 11.8 Å². The molecular formula is C34H28N2O6. The number of methoxy groups -OCH3 is 2. The molecule has 0 saturated carbocycles. The number of anilines is 2. The molecule has 0 aliphatic carbocycles. The molecule has 0 heterocycles. The van der Waals surface area contributed by atoms with E-state index in [1.807, 2.05) is 18.2 Å². The summed E-state index contributed by atoms with van der Waals surface area (Å²) in [6, 6.07) is 35.3. The van der Waals surface area contributed by atoms with Gasteiger partial charge in [0.1, 0.15) is 34.5 Å². The number of carbonyl (C=O) groups excluding carboxylic acids is 2. The molecule has 2 N–H and O–H groups in total. The number of ether oxygens (including phenoxy) is 4. The molecule has 0 bridgehead atoms. The van der Waals surface area contributed by atoms with Gasteiger partial charge in [0.15, 0.2) is 0 Å². The first-order valence-electron chi connectivity index (χ1n) is 13.1. The molecule has 0 saturated heterocycles. The number of carbonyl (C=O) groups is 2. The molecule has 0 fully saturated rings. The minimum atomic E-state index is -0.236. The second-order valence-electron chi connectivity index (χ2n) is 9.10. The molecule has 42 heavy (non-hydrogen) atoms. The van der Waals surface area contributed by atoms with Crippen LogP contribution in [0.1, 0.15) is 20.7 Å². The fourth-order valence-corrected chi connectivity index (χ4v) is 4.02. The number of amides is 2. The van der Waals surface area contributed by atoms with E-state index < -0.39 is 0 Å². The van der Waals surface area contributed by atoms with Crippen molar-refractivity contribution >= 4 is 23.2 Å². The van der Waals surface area contributed by atoms with Gasteiger partial charge in [-0.2, -0.15) is 0 Å². The first-order chi connectivity index (χ1) is 20.5. The average molecular weight is 561 g/mol. The summed E-state index contributed by atoms with van der Waals surface area (Å²) in [6.45, 7) is 0. The highest BCUT2D eigenvalue weighted by atomic mass is 16.5. The van der Waals surface area contributed by atoms with Crippen LogP contribution in [0.4, 0.5) is 11.4 Å². The van der Waals surface area contributed by atoms with Crippen LogP contribution in [0, 0.1) is 0 Å². The number of rotatable bonds is 10. The highest BCUT2D eigenvalue weighted by molar-refractivity contribution is 6.05. The van der Waals surface area contributed by atoms with Gasteiger partial charge < -0.3 is 29.6 Å². The Kier molecular flexibility index (Phi) is 8.64. The Morgan fingerprint density at radius 3 is 1.24 bits per heavy atom. The molecule has 5 rings (SSSR count). The second-order valence-corrected chi connectivity index (χ2v) is 9.10. The Labute approximate surface area is 243 Å². The Morgan fingerprint density at radius 1 is 0.452 bits per heavy atom. The third-order valence-electron chi connectivity index (χ3n) is 6.17. The van der Waals surface area contributed by atoms with Crippen molar-refractivity contribution < 1.29 is 28.5 Å². The van der Waals surface area contributed by atoms with Crippen LogP contribution in [0.2, 0.25) is 0 Å². The maximum Gasteiger partial charge on any atom is 0.255 e. The summed E-state index contributed by atoms with van der Waals surface area (Å²) in [5.74, 6) is 3.13. The summed E-state index contributed by atoms with van der Waals surface area (Å²) in [4.78, 5) is 25.1. The van der Waals surface area contributed by atoms with Crippen LogP contribution in [0.5, 0.6) is 34.5 Å². The molecule has 2 amide bonds. The molecule has 210 valence electrons. The van der Waals surface area contributed by atoms with Crippen LogP contribution >= 0.6 is 0 Å². The molecule has 0 spiro atoms. The maximum absolute atomic E-state index is 12.6. The first kappa shape index (κ1) is 27.8. The summed E-state index contributed by atoms with van der Waals surface area (Å²) in [5.41, 5.74) is 2.27. The van der Waals surface area contributed by atoms with Gasteiger partial charge in [-0.15, -0.1) is 0 Å². The van der Waals surface area contributed by atoms with Gasteiger partial charge in [0.2, 0.25) is 0 Å². The molecular weight excluding hydrogens is 532 g/mol. The second kappa shape index (κ2) is 13.1. The van der Waals surface area contributed by atoms with E-state index in [4.69, 9.17) is 18.9 Å².